The van der Waals surface area contributed by atoms with Gasteiger partial charge in [-0.2, -0.15) is 5.26 Å². The first-order valence-corrected chi connectivity index (χ1v) is 11.4. The minimum atomic E-state index is -0.314. The Kier molecular flexibility index (Phi) is 7.88. The summed E-state index contributed by atoms with van der Waals surface area (Å²) < 4.78 is 1.90. The van der Waals surface area contributed by atoms with E-state index in [1.165, 1.54) is 12.8 Å². The SMILES string of the molecule is CCN(CC)C(=O)Cn1cc(/C=C(\C#N)C(=O)NC2CCCCCC2)c2ccccc21. The summed E-state index contributed by atoms with van der Waals surface area (Å²) in [6.07, 6.45) is 10.1. The standard InChI is InChI=1S/C25H32N4O2/c1-3-28(4-2)24(30)18-29-17-20(22-13-9-10-14-23(22)29)15-19(16-26)25(31)27-21-11-7-5-6-8-12-21/h9-10,13-15,17,21H,3-8,11-12,18H2,1-2H3,(H,27,31)/b19-15+. The van der Waals surface area contributed by atoms with Crippen LogP contribution in [0.2, 0.25) is 0 Å². The van der Waals surface area contributed by atoms with Crippen LogP contribution >= 0.6 is 0 Å². The van der Waals surface area contributed by atoms with E-state index in [0.717, 1.165) is 42.1 Å². The van der Waals surface area contributed by atoms with Crippen LogP contribution in [0.3, 0.4) is 0 Å². The fraction of sp³-hybridized carbons (Fsp3) is 0.480. The van der Waals surface area contributed by atoms with Crippen molar-refractivity contribution in [2.45, 2.75) is 65.0 Å². The molecule has 0 bridgehead atoms. The second kappa shape index (κ2) is 10.8. The summed E-state index contributed by atoms with van der Waals surface area (Å²) in [6, 6.07) is 9.98. The summed E-state index contributed by atoms with van der Waals surface area (Å²) in [5.74, 6) is -0.265. The first-order valence-electron chi connectivity index (χ1n) is 11.4. The minimum absolute atomic E-state index is 0.0490. The zero-order valence-electron chi connectivity index (χ0n) is 18.6. The minimum Gasteiger partial charge on any atom is -0.349 e. The third kappa shape index (κ3) is 5.55. The Balaban J connectivity index is 1.86. The van der Waals surface area contributed by atoms with Gasteiger partial charge in [-0.05, 0) is 38.8 Å². The number of nitrogens with zero attached hydrogens (tertiary/aromatic N) is 3. The van der Waals surface area contributed by atoms with Crippen molar-refractivity contribution in [1.82, 2.24) is 14.8 Å². The maximum Gasteiger partial charge on any atom is 0.262 e. The number of para-hydroxylation sites is 1. The molecule has 164 valence electrons. The summed E-state index contributed by atoms with van der Waals surface area (Å²) in [6.45, 7) is 5.50. The molecule has 3 rings (SSSR count). The molecule has 0 saturated heterocycles. The number of benzene rings is 1. The molecule has 1 fully saturated rings. The van der Waals surface area contributed by atoms with E-state index in [1.54, 1.807) is 11.0 Å². The number of amides is 2. The number of nitrogens with one attached hydrogen (secondary N) is 1. The molecule has 31 heavy (non-hydrogen) atoms. The van der Waals surface area contributed by atoms with E-state index in [4.69, 9.17) is 0 Å². The summed E-state index contributed by atoms with van der Waals surface area (Å²) in [4.78, 5) is 27.2. The monoisotopic (exact) mass is 420 g/mol. The maximum absolute atomic E-state index is 12.8. The molecular weight excluding hydrogens is 388 g/mol. The van der Waals surface area contributed by atoms with Gasteiger partial charge in [0, 0.05) is 41.8 Å². The average Bonchev–Trinajstić information content (AvgIpc) is 2.92. The van der Waals surface area contributed by atoms with Gasteiger partial charge in [0.15, 0.2) is 0 Å². The van der Waals surface area contributed by atoms with E-state index in [2.05, 4.69) is 11.4 Å². The number of carbonyl (C=O) groups excluding carboxylic acids is 2. The summed E-state index contributed by atoms with van der Waals surface area (Å²) >= 11 is 0. The molecule has 2 aromatic rings. The maximum atomic E-state index is 12.8. The third-order valence-corrected chi connectivity index (χ3v) is 6.10. The van der Waals surface area contributed by atoms with Crippen LogP contribution in [0.4, 0.5) is 0 Å². The number of hydrogen-bond donors (Lipinski definition) is 1. The van der Waals surface area contributed by atoms with Gasteiger partial charge in [-0.15, -0.1) is 0 Å². The number of fused-ring (bicyclic) bond motifs is 1. The molecule has 1 aliphatic rings. The molecule has 0 aliphatic heterocycles. The van der Waals surface area contributed by atoms with Crippen molar-refractivity contribution in [1.29, 1.82) is 5.26 Å². The Bertz CT molecular complexity index is 987. The molecule has 0 spiro atoms. The van der Waals surface area contributed by atoms with Gasteiger partial charge in [0.05, 0.1) is 0 Å². The largest absolute Gasteiger partial charge is 0.349 e. The van der Waals surface area contributed by atoms with Crippen molar-refractivity contribution in [3.63, 3.8) is 0 Å². The number of likely N-dealkylation sites (N-methyl/N-ethyl adjacent to an activating group) is 1. The molecule has 1 N–H and O–H groups in total. The van der Waals surface area contributed by atoms with Gasteiger partial charge < -0.3 is 14.8 Å². The third-order valence-electron chi connectivity index (χ3n) is 6.10. The van der Waals surface area contributed by atoms with E-state index >= 15 is 0 Å². The van der Waals surface area contributed by atoms with Gasteiger partial charge in [-0.3, -0.25) is 9.59 Å². The molecule has 1 aliphatic carbocycles. The van der Waals surface area contributed by atoms with E-state index in [-0.39, 0.29) is 30.0 Å². The van der Waals surface area contributed by atoms with Gasteiger partial charge >= 0.3 is 0 Å². The smallest absolute Gasteiger partial charge is 0.262 e. The van der Waals surface area contributed by atoms with Gasteiger partial charge in [0.25, 0.3) is 5.91 Å². The Labute approximate surface area is 184 Å². The highest BCUT2D eigenvalue weighted by Gasteiger charge is 2.19. The molecule has 1 heterocycles. The van der Waals surface area contributed by atoms with E-state index in [0.29, 0.717) is 13.1 Å². The van der Waals surface area contributed by atoms with E-state index in [1.807, 2.05) is 48.9 Å². The zero-order valence-corrected chi connectivity index (χ0v) is 18.6. The second-order valence-electron chi connectivity index (χ2n) is 8.13. The normalized spacial score (nSPS) is 15.3. The van der Waals surface area contributed by atoms with Crippen molar-refractivity contribution < 1.29 is 9.59 Å². The number of aromatic nitrogens is 1. The predicted octanol–water partition coefficient (Wildman–Crippen LogP) is 4.26. The van der Waals surface area contributed by atoms with Gasteiger partial charge in [0.1, 0.15) is 18.2 Å². The van der Waals surface area contributed by atoms with Crippen molar-refractivity contribution >= 4 is 28.8 Å². The number of rotatable bonds is 7. The molecule has 6 heteroatoms. The summed E-state index contributed by atoms with van der Waals surface area (Å²) in [7, 11) is 0. The van der Waals surface area contributed by atoms with Crippen LogP contribution in [0.25, 0.3) is 17.0 Å². The lowest BCUT2D eigenvalue weighted by molar-refractivity contribution is -0.131. The molecule has 1 aromatic carbocycles. The van der Waals surface area contributed by atoms with E-state index in [9.17, 15) is 14.9 Å². The topological polar surface area (TPSA) is 78.1 Å². The van der Waals surface area contributed by atoms with Crippen LogP contribution in [-0.4, -0.2) is 40.4 Å². The molecule has 6 nitrogen and oxygen atoms in total. The summed E-state index contributed by atoms with van der Waals surface area (Å²) in [5, 5.41) is 13.6. The molecule has 0 radical (unpaired) electrons. The summed E-state index contributed by atoms with van der Waals surface area (Å²) in [5.41, 5.74) is 1.79. The van der Waals surface area contributed by atoms with Gasteiger partial charge in [0.2, 0.25) is 5.91 Å². The van der Waals surface area contributed by atoms with Gasteiger partial charge in [-0.25, -0.2) is 0 Å². The molecule has 1 saturated carbocycles. The molecule has 0 unspecified atom stereocenters. The fourth-order valence-electron chi connectivity index (χ4n) is 4.33. The highest BCUT2D eigenvalue weighted by molar-refractivity contribution is 6.04. The average molecular weight is 421 g/mol. The number of carbonyl (C=O) groups is 2. The predicted molar refractivity (Wildman–Crippen MR) is 123 cm³/mol. The Hall–Kier alpha value is -3.07. The second-order valence-corrected chi connectivity index (χ2v) is 8.13. The zero-order chi connectivity index (χ0) is 22.2. The molecule has 0 atom stereocenters. The number of hydrogen-bond acceptors (Lipinski definition) is 3. The lowest BCUT2D eigenvalue weighted by Gasteiger charge is -2.19. The van der Waals surface area contributed by atoms with Crippen molar-refractivity contribution in [3.8, 4) is 6.07 Å². The Morgan fingerprint density at radius 2 is 1.84 bits per heavy atom. The molecule has 2 amide bonds. The quantitative estimate of drug-likeness (QED) is 0.413. The van der Waals surface area contributed by atoms with Crippen LogP contribution in [0.5, 0.6) is 0 Å². The number of nitriles is 1. The van der Waals surface area contributed by atoms with Crippen LogP contribution in [0.1, 0.15) is 57.9 Å². The van der Waals surface area contributed by atoms with E-state index < -0.39 is 0 Å². The Morgan fingerprint density at radius 1 is 1.16 bits per heavy atom. The molecule has 1 aromatic heterocycles. The first kappa shape index (κ1) is 22.6. The van der Waals surface area contributed by atoms with Crippen molar-refractivity contribution in [2.24, 2.45) is 0 Å². The Morgan fingerprint density at radius 3 is 2.48 bits per heavy atom. The molecular formula is C25H32N4O2. The first-order chi connectivity index (χ1) is 15.1. The van der Waals surface area contributed by atoms with Crippen LogP contribution in [0.15, 0.2) is 36.0 Å². The van der Waals surface area contributed by atoms with Gasteiger partial charge in [-0.1, -0.05) is 43.9 Å². The van der Waals surface area contributed by atoms with Crippen molar-refractivity contribution in [3.05, 3.63) is 41.6 Å². The fourth-order valence-corrected chi connectivity index (χ4v) is 4.33. The van der Waals surface area contributed by atoms with Crippen molar-refractivity contribution in [2.75, 3.05) is 13.1 Å². The van der Waals surface area contributed by atoms with Crippen LogP contribution < -0.4 is 5.32 Å². The lowest BCUT2D eigenvalue weighted by Crippen LogP contribution is -2.35. The highest BCUT2D eigenvalue weighted by atomic mass is 16.2. The van der Waals surface area contributed by atoms with Crippen LogP contribution in [-0.2, 0) is 16.1 Å². The van der Waals surface area contributed by atoms with Crippen LogP contribution in [0, 0.1) is 11.3 Å². The highest BCUT2D eigenvalue weighted by Crippen LogP contribution is 2.24. The lowest BCUT2D eigenvalue weighted by atomic mass is 10.1.